The quantitative estimate of drug-likeness (QED) is 0.763. The molecule has 3 aromatic rings. The Morgan fingerprint density at radius 1 is 1.13 bits per heavy atom. The molecule has 2 atom stereocenters. The van der Waals surface area contributed by atoms with Crippen LogP contribution in [0.15, 0.2) is 54.7 Å². The van der Waals surface area contributed by atoms with E-state index < -0.39 is 6.10 Å². The van der Waals surface area contributed by atoms with E-state index in [-0.39, 0.29) is 6.04 Å². The van der Waals surface area contributed by atoms with E-state index in [9.17, 15) is 10.4 Å². The molecule has 0 saturated carbocycles. The summed E-state index contributed by atoms with van der Waals surface area (Å²) in [5.74, 6) is 0. The molecule has 0 aliphatic heterocycles. The highest BCUT2D eigenvalue weighted by Crippen LogP contribution is 2.36. The predicted octanol–water partition coefficient (Wildman–Crippen LogP) is 3.18. The molecule has 4 heteroatoms. The van der Waals surface area contributed by atoms with Gasteiger partial charge in [0.1, 0.15) is 6.07 Å². The fourth-order valence-corrected chi connectivity index (χ4v) is 3.28. The zero-order valence-electron chi connectivity index (χ0n) is 12.4. The summed E-state index contributed by atoms with van der Waals surface area (Å²) in [6, 6.07) is 17.7. The fraction of sp³-hybridized carbons (Fsp3) is 0.158. The Hall–Kier alpha value is -2.90. The fourth-order valence-electron chi connectivity index (χ4n) is 3.28. The van der Waals surface area contributed by atoms with Crippen LogP contribution in [-0.4, -0.2) is 16.2 Å². The maximum Gasteiger partial charge on any atom is 0.103 e. The second kappa shape index (κ2) is 5.38. The molecule has 23 heavy (non-hydrogen) atoms. The molecule has 4 nitrogen and oxygen atoms in total. The molecule has 0 amide bonds. The first-order valence-corrected chi connectivity index (χ1v) is 7.58. The van der Waals surface area contributed by atoms with Crippen LogP contribution in [0.5, 0.6) is 0 Å². The first kappa shape index (κ1) is 13.7. The number of anilines is 1. The zero-order valence-corrected chi connectivity index (χ0v) is 12.4. The number of hydrogen-bond donors (Lipinski definition) is 2. The van der Waals surface area contributed by atoms with Crippen LogP contribution in [0.2, 0.25) is 0 Å². The topological polar surface area (TPSA) is 68.9 Å². The predicted molar refractivity (Wildman–Crippen MR) is 89.0 cm³/mol. The summed E-state index contributed by atoms with van der Waals surface area (Å²) in [4.78, 5) is 4.33. The number of aliphatic hydroxyl groups excluding tert-OH is 1. The summed E-state index contributed by atoms with van der Waals surface area (Å²) in [7, 11) is 0. The molecule has 0 saturated heterocycles. The average molecular weight is 301 g/mol. The Morgan fingerprint density at radius 3 is 2.78 bits per heavy atom. The second-order valence-corrected chi connectivity index (χ2v) is 5.77. The summed E-state index contributed by atoms with van der Waals surface area (Å²) < 4.78 is 0. The van der Waals surface area contributed by atoms with E-state index in [4.69, 9.17) is 0 Å². The average Bonchev–Trinajstić information content (AvgIpc) is 2.91. The molecule has 112 valence electrons. The Bertz CT molecular complexity index is 929. The number of nitrogens with one attached hydrogen (secondary N) is 1. The number of rotatable bonds is 2. The molecule has 0 spiro atoms. The van der Waals surface area contributed by atoms with Crippen LogP contribution >= 0.6 is 0 Å². The van der Waals surface area contributed by atoms with Gasteiger partial charge in [0.2, 0.25) is 0 Å². The van der Waals surface area contributed by atoms with Crippen LogP contribution in [0.4, 0.5) is 5.69 Å². The number of aromatic nitrogens is 1. The van der Waals surface area contributed by atoms with E-state index in [1.54, 1.807) is 6.20 Å². The van der Waals surface area contributed by atoms with E-state index in [2.05, 4.69) is 16.4 Å². The lowest BCUT2D eigenvalue weighted by Gasteiger charge is -2.21. The molecular weight excluding hydrogens is 286 g/mol. The second-order valence-electron chi connectivity index (χ2n) is 5.77. The minimum Gasteiger partial charge on any atom is -0.390 e. The Kier molecular flexibility index (Phi) is 3.22. The van der Waals surface area contributed by atoms with Gasteiger partial charge in [0, 0.05) is 18.0 Å². The van der Waals surface area contributed by atoms with Crippen LogP contribution in [0.1, 0.15) is 22.7 Å². The van der Waals surface area contributed by atoms with Crippen molar-refractivity contribution in [1.82, 2.24) is 4.98 Å². The number of para-hydroxylation sites is 1. The lowest BCUT2D eigenvalue weighted by Crippen LogP contribution is -2.21. The van der Waals surface area contributed by atoms with Crippen LogP contribution in [0.3, 0.4) is 0 Å². The van der Waals surface area contributed by atoms with Gasteiger partial charge >= 0.3 is 0 Å². The molecule has 0 unspecified atom stereocenters. The third-order valence-corrected chi connectivity index (χ3v) is 4.40. The van der Waals surface area contributed by atoms with Gasteiger partial charge in [-0.1, -0.05) is 42.5 Å². The molecule has 0 bridgehead atoms. The minimum absolute atomic E-state index is 0.218. The normalized spacial score (nSPS) is 19.3. The maximum absolute atomic E-state index is 10.4. The number of nitrogens with zero attached hydrogens (tertiary/aromatic N) is 2. The standard InChI is InChI=1S/C19H15N3O/c20-10-13-11-21-16-8-4-3-7-15(16)18(13)22-19-14-6-2-1-5-12(14)9-17(19)23/h1-8,11,17,19,23H,9H2,(H,21,22)/t17-,19+/m1/s1. The molecule has 1 aliphatic rings. The SMILES string of the molecule is N#Cc1cnc2ccccc2c1N[C@H]1c2ccccc2C[C@H]1O. The van der Waals surface area contributed by atoms with E-state index >= 15 is 0 Å². The largest absolute Gasteiger partial charge is 0.390 e. The van der Waals surface area contributed by atoms with Crippen molar-refractivity contribution < 1.29 is 5.11 Å². The zero-order chi connectivity index (χ0) is 15.8. The Balaban J connectivity index is 1.83. The first-order valence-electron chi connectivity index (χ1n) is 7.58. The van der Waals surface area contributed by atoms with Crippen molar-refractivity contribution >= 4 is 16.6 Å². The van der Waals surface area contributed by atoms with Crippen molar-refractivity contribution in [1.29, 1.82) is 5.26 Å². The summed E-state index contributed by atoms with van der Waals surface area (Å²) in [6.07, 6.45) is 1.70. The third kappa shape index (κ3) is 2.23. The molecule has 1 aromatic heterocycles. The van der Waals surface area contributed by atoms with E-state index in [0.29, 0.717) is 12.0 Å². The van der Waals surface area contributed by atoms with Crippen molar-refractivity contribution in [2.75, 3.05) is 5.32 Å². The summed E-state index contributed by atoms with van der Waals surface area (Å²) in [5, 5.41) is 24.2. The molecular formula is C19H15N3O. The highest BCUT2D eigenvalue weighted by atomic mass is 16.3. The van der Waals surface area contributed by atoms with E-state index in [1.807, 2.05) is 48.5 Å². The molecule has 1 aliphatic carbocycles. The smallest absolute Gasteiger partial charge is 0.103 e. The molecule has 1 heterocycles. The number of nitriles is 1. The van der Waals surface area contributed by atoms with Crippen LogP contribution in [-0.2, 0) is 6.42 Å². The van der Waals surface area contributed by atoms with Gasteiger partial charge in [0.25, 0.3) is 0 Å². The van der Waals surface area contributed by atoms with Crippen LogP contribution in [0, 0.1) is 11.3 Å². The highest BCUT2D eigenvalue weighted by Gasteiger charge is 2.31. The Morgan fingerprint density at radius 2 is 1.91 bits per heavy atom. The van der Waals surface area contributed by atoms with Crippen molar-refractivity contribution in [3.05, 3.63) is 71.4 Å². The number of hydrogen-bond acceptors (Lipinski definition) is 4. The number of aliphatic hydroxyl groups is 1. The number of benzene rings is 2. The van der Waals surface area contributed by atoms with Crippen molar-refractivity contribution in [3.8, 4) is 6.07 Å². The first-order chi connectivity index (χ1) is 11.3. The molecule has 0 fully saturated rings. The third-order valence-electron chi connectivity index (χ3n) is 4.40. The van der Waals surface area contributed by atoms with Crippen molar-refractivity contribution in [2.45, 2.75) is 18.6 Å². The van der Waals surface area contributed by atoms with Gasteiger partial charge in [-0.25, -0.2) is 0 Å². The minimum atomic E-state index is -0.508. The number of pyridine rings is 1. The molecule has 2 N–H and O–H groups in total. The molecule has 4 rings (SSSR count). The van der Waals surface area contributed by atoms with Gasteiger partial charge in [0.05, 0.1) is 28.9 Å². The van der Waals surface area contributed by atoms with Gasteiger partial charge in [-0.15, -0.1) is 0 Å². The molecule has 2 aromatic carbocycles. The maximum atomic E-state index is 10.4. The van der Waals surface area contributed by atoms with Gasteiger partial charge < -0.3 is 10.4 Å². The van der Waals surface area contributed by atoms with Gasteiger partial charge in [-0.3, -0.25) is 4.98 Å². The lowest BCUT2D eigenvalue weighted by molar-refractivity contribution is 0.166. The number of fused-ring (bicyclic) bond motifs is 2. The lowest BCUT2D eigenvalue weighted by atomic mass is 10.0. The van der Waals surface area contributed by atoms with Gasteiger partial charge in [-0.2, -0.15) is 5.26 Å². The molecule has 0 radical (unpaired) electrons. The van der Waals surface area contributed by atoms with E-state index in [1.165, 1.54) is 0 Å². The summed E-state index contributed by atoms with van der Waals surface area (Å²) in [6.45, 7) is 0. The van der Waals surface area contributed by atoms with Gasteiger partial charge in [-0.05, 0) is 17.2 Å². The summed E-state index contributed by atoms with van der Waals surface area (Å²) >= 11 is 0. The monoisotopic (exact) mass is 301 g/mol. The van der Waals surface area contributed by atoms with Gasteiger partial charge in [0.15, 0.2) is 0 Å². The highest BCUT2D eigenvalue weighted by molar-refractivity contribution is 5.94. The van der Waals surface area contributed by atoms with Crippen LogP contribution < -0.4 is 5.32 Å². The van der Waals surface area contributed by atoms with E-state index in [0.717, 1.165) is 27.7 Å². The summed E-state index contributed by atoms with van der Waals surface area (Å²) in [5.41, 5.74) is 4.29. The van der Waals surface area contributed by atoms with Crippen molar-refractivity contribution in [2.24, 2.45) is 0 Å². The van der Waals surface area contributed by atoms with Crippen molar-refractivity contribution in [3.63, 3.8) is 0 Å². The Labute approximate surface area is 134 Å². The van der Waals surface area contributed by atoms with Crippen LogP contribution in [0.25, 0.3) is 10.9 Å².